The van der Waals surface area contributed by atoms with Gasteiger partial charge >= 0.3 is 0 Å². The molecule has 2 N–H and O–H groups in total. The van der Waals surface area contributed by atoms with Gasteiger partial charge in [0, 0.05) is 12.5 Å². The monoisotopic (exact) mass is 322 g/mol. The van der Waals surface area contributed by atoms with Crippen molar-refractivity contribution in [2.75, 3.05) is 10.6 Å². The summed E-state index contributed by atoms with van der Waals surface area (Å²) >= 11 is 0. The Balaban J connectivity index is 1.51. The second-order valence-corrected chi connectivity index (χ2v) is 5.41. The number of aromatic nitrogens is 2. The van der Waals surface area contributed by atoms with Gasteiger partial charge in [-0.3, -0.25) is 4.79 Å². The summed E-state index contributed by atoms with van der Waals surface area (Å²) in [5.74, 6) is 1.92. The Hall–Kier alpha value is -3.15. The van der Waals surface area contributed by atoms with Gasteiger partial charge in [-0.2, -0.15) is 0 Å². The minimum Gasteiger partial charge on any atom is -0.360 e. The van der Waals surface area contributed by atoms with Crippen molar-refractivity contribution in [1.82, 2.24) is 10.1 Å². The van der Waals surface area contributed by atoms with Gasteiger partial charge in [-0.1, -0.05) is 35.5 Å². The van der Waals surface area contributed by atoms with Crippen LogP contribution in [0.25, 0.3) is 0 Å². The lowest BCUT2D eigenvalue weighted by atomic mass is 10.1. The molecule has 0 saturated carbocycles. The average Bonchev–Trinajstić information content (AvgIpc) is 3.01. The number of nitrogens with zero attached hydrogens (tertiary/aromatic N) is 2. The highest BCUT2D eigenvalue weighted by molar-refractivity contribution is 5.90. The fraction of sp³-hybridized carbons (Fsp3) is 0.167. The number of anilines is 3. The number of rotatable bonds is 6. The van der Waals surface area contributed by atoms with Crippen LogP contribution in [0.5, 0.6) is 0 Å². The average molecular weight is 322 g/mol. The smallest absolute Gasteiger partial charge is 0.224 e. The minimum atomic E-state index is -0.0338. The maximum absolute atomic E-state index is 12.0. The molecule has 0 unspecified atom stereocenters. The number of pyridine rings is 1. The Kier molecular flexibility index (Phi) is 4.86. The topological polar surface area (TPSA) is 80.0 Å². The summed E-state index contributed by atoms with van der Waals surface area (Å²) < 4.78 is 4.98. The van der Waals surface area contributed by atoms with Gasteiger partial charge in [-0.05, 0) is 31.0 Å². The van der Waals surface area contributed by atoms with E-state index in [9.17, 15) is 4.79 Å². The van der Waals surface area contributed by atoms with E-state index in [-0.39, 0.29) is 5.91 Å². The number of hydrogen-bond donors (Lipinski definition) is 2. The summed E-state index contributed by atoms with van der Waals surface area (Å²) in [4.78, 5) is 16.2. The van der Waals surface area contributed by atoms with Crippen LogP contribution in [0.4, 0.5) is 17.3 Å². The Morgan fingerprint density at radius 3 is 2.62 bits per heavy atom. The predicted octanol–water partition coefficient (Wildman–Crippen LogP) is 3.69. The molecule has 2 heterocycles. The first kappa shape index (κ1) is 15.7. The Morgan fingerprint density at radius 1 is 1.12 bits per heavy atom. The fourth-order valence-electron chi connectivity index (χ4n) is 2.22. The molecular weight excluding hydrogens is 304 g/mol. The summed E-state index contributed by atoms with van der Waals surface area (Å²) in [6, 6.07) is 15.3. The molecular formula is C18H18N4O2. The molecule has 0 bridgehead atoms. The maximum atomic E-state index is 12.0. The van der Waals surface area contributed by atoms with Crippen LogP contribution < -0.4 is 10.6 Å². The molecule has 0 radical (unpaired) electrons. The Bertz CT molecular complexity index is 797. The standard InChI is InChI=1S/C18H18N4O2/c1-13-11-17(22-24-13)21-16-9-8-15(12-19-16)20-18(23)10-7-14-5-3-2-4-6-14/h2-6,8-9,11-12H,7,10H2,1H3,(H,20,23)(H,19,21,22). The molecule has 0 aliphatic rings. The van der Waals surface area contributed by atoms with E-state index in [1.165, 1.54) is 0 Å². The van der Waals surface area contributed by atoms with Gasteiger partial charge in [-0.15, -0.1) is 0 Å². The lowest BCUT2D eigenvalue weighted by Crippen LogP contribution is -2.12. The molecule has 6 heteroatoms. The van der Waals surface area contributed by atoms with Crippen LogP contribution in [0.15, 0.2) is 59.3 Å². The number of aryl methyl sites for hydroxylation is 2. The fourth-order valence-corrected chi connectivity index (χ4v) is 2.22. The van der Waals surface area contributed by atoms with Gasteiger partial charge < -0.3 is 15.2 Å². The molecule has 0 spiro atoms. The zero-order chi connectivity index (χ0) is 16.8. The van der Waals surface area contributed by atoms with E-state index in [0.717, 1.165) is 11.3 Å². The lowest BCUT2D eigenvalue weighted by molar-refractivity contribution is -0.116. The first-order valence-corrected chi connectivity index (χ1v) is 7.69. The number of amides is 1. The SMILES string of the molecule is Cc1cc(Nc2ccc(NC(=O)CCc3ccccc3)cn2)no1. The third kappa shape index (κ3) is 4.42. The van der Waals surface area contributed by atoms with Crippen LogP contribution in [0.2, 0.25) is 0 Å². The largest absolute Gasteiger partial charge is 0.360 e. The van der Waals surface area contributed by atoms with Crippen molar-refractivity contribution >= 4 is 23.2 Å². The van der Waals surface area contributed by atoms with Crippen molar-refractivity contribution in [3.05, 3.63) is 66.1 Å². The number of benzene rings is 1. The zero-order valence-electron chi connectivity index (χ0n) is 13.3. The quantitative estimate of drug-likeness (QED) is 0.723. The zero-order valence-corrected chi connectivity index (χ0v) is 13.3. The van der Waals surface area contributed by atoms with Crippen LogP contribution >= 0.6 is 0 Å². The normalized spacial score (nSPS) is 10.4. The van der Waals surface area contributed by atoms with Crippen molar-refractivity contribution in [2.24, 2.45) is 0 Å². The molecule has 6 nitrogen and oxygen atoms in total. The van der Waals surface area contributed by atoms with E-state index in [1.54, 1.807) is 24.4 Å². The second-order valence-electron chi connectivity index (χ2n) is 5.41. The van der Waals surface area contributed by atoms with Crippen LogP contribution in [-0.2, 0) is 11.2 Å². The van der Waals surface area contributed by atoms with E-state index in [2.05, 4.69) is 20.8 Å². The van der Waals surface area contributed by atoms with Crippen molar-refractivity contribution in [2.45, 2.75) is 19.8 Å². The van der Waals surface area contributed by atoms with Gasteiger partial charge in [0.15, 0.2) is 5.82 Å². The second kappa shape index (κ2) is 7.41. The first-order valence-electron chi connectivity index (χ1n) is 7.69. The molecule has 122 valence electrons. The van der Waals surface area contributed by atoms with Crippen molar-refractivity contribution < 1.29 is 9.32 Å². The van der Waals surface area contributed by atoms with E-state index in [0.29, 0.717) is 30.2 Å². The van der Waals surface area contributed by atoms with Crippen molar-refractivity contribution in [3.8, 4) is 0 Å². The maximum Gasteiger partial charge on any atom is 0.224 e. The number of carbonyl (C=O) groups excluding carboxylic acids is 1. The molecule has 24 heavy (non-hydrogen) atoms. The highest BCUT2D eigenvalue weighted by atomic mass is 16.5. The molecule has 2 aromatic heterocycles. The summed E-state index contributed by atoms with van der Waals surface area (Å²) in [6.07, 6.45) is 2.75. The van der Waals surface area contributed by atoms with Crippen LogP contribution in [0.1, 0.15) is 17.7 Å². The van der Waals surface area contributed by atoms with Crippen molar-refractivity contribution in [1.29, 1.82) is 0 Å². The van der Waals surface area contributed by atoms with E-state index in [4.69, 9.17) is 4.52 Å². The highest BCUT2D eigenvalue weighted by Crippen LogP contribution is 2.16. The van der Waals surface area contributed by atoms with Crippen LogP contribution in [0, 0.1) is 6.92 Å². The molecule has 0 aliphatic heterocycles. The van der Waals surface area contributed by atoms with E-state index in [1.807, 2.05) is 37.3 Å². The molecule has 3 rings (SSSR count). The van der Waals surface area contributed by atoms with Gasteiger partial charge in [0.25, 0.3) is 0 Å². The summed E-state index contributed by atoms with van der Waals surface area (Å²) in [7, 11) is 0. The van der Waals surface area contributed by atoms with E-state index >= 15 is 0 Å². The molecule has 0 fully saturated rings. The lowest BCUT2D eigenvalue weighted by Gasteiger charge is -2.06. The Labute approximate surface area is 139 Å². The number of hydrogen-bond acceptors (Lipinski definition) is 5. The third-order valence-corrected chi connectivity index (χ3v) is 3.41. The molecule has 1 amide bonds. The molecule has 0 saturated heterocycles. The Morgan fingerprint density at radius 2 is 1.96 bits per heavy atom. The molecule has 3 aromatic rings. The third-order valence-electron chi connectivity index (χ3n) is 3.41. The molecule has 1 aromatic carbocycles. The predicted molar refractivity (Wildman–Crippen MR) is 92.2 cm³/mol. The van der Waals surface area contributed by atoms with Gasteiger partial charge in [-0.25, -0.2) is 4.98 Å². The van der Waals surface area contributed by atoms with Crippen LogP contribution in [-0.4, -0.2) is 16.0 Å². The van der Waals surface area contributed by atoms with Gasteiger partial charge in [0.05, 0.1) is 11.9 Å². The minimum absolute atomic E-state index is 0.0338. The van der Waals surface area contributed by atoms with Gasteiger partial charge in [0.1, 0.15) is 11.6 Å². The number of nitrogens with one attached hydrogen (secondary N) is 2. The molecule has 0 aliphatic carbocycles. The van der Waals surface area contributed by atoms with Crippen molar-refractivity contribution in [3.63, 3.8) is 0 Å². The van der Waals surface area contributed by atoms with Gasteiger partial charge in [0.2, 0.25) is 5.91 Å². The summed E-state index contributed by atoms with van der Waals surface area (Å²) in [6.45, 7) is 1.82. The molecule has 0 atom stereocenters. The summed E-state index contributed by atoms with van der Waals surface area (Å²) in [5, 5.41) is 9.71. The highest BCUT2D eigenvalue weighted by Gasteiger charge is 2.05. The summed E-state index contributed by atoms with van der Waals surface area (Å²) in [5.41, 5.74) is 1.81. The van der Waals surface area contributed by atoms with Crippen LogP contribution in [0.3, 0.4) is 0 Å². The number of carbonyl (C=O) groups is 1. The van der Waals surface area contributed by atoms with E-state index < -0.39 is 0 Å². The first-order chi connectivity index (χ1) is 11.7.